The van der Waals surface area contributed by atoms with E-state index >= 15 is 0 Å². The minimum Gasteiger partial charge on any atom is -0.397 e. The number of anilines is 1. The van der Waals surface area contributed by atoms with Crippen molar-refractivity contribution in [1.29, 1.82) is 0 Å². The average molecular weight is 300 g/mol. The molecule has 3 unspecified atom stereocenters. The number of carbonyl (C=O) groups is 1. The van der Waals surface area contributed by atoms with Crippen LogP contribution in [0.3, 0.4) is 0 Å². The maximum absolute atomic E-state index is 12.4. The van der Waals surface area contributed by atoms with E-state index < -0.39 is 0 Å². The molecule has 110 valence electrons. The second-order valence-electron chi connectivity index (χ2n) is 6.49. The van der Waals surface area contributed by atoms with Gasteiger partial charge >= 0.3 is 0 Å². The van der Waals surface area contributed by atoms with E-state index in [2.05, 4.69) is 5.32 Å². The Bertz CT molecular complexity index is 693. The molecular weight excluding hydrogens is 280 g/mol. The Kier molecular flexibility index (Phi) is 3.14. The predicted molar refractivity (Wildman–Crippen MR) is 87.5 cm³/mol. The predicted octanol–water partition coefficient (Wildman–Crippen LogP) is 3.65. The molecule has 2 aliphatic rings. The molecule has 0 saturated heterocycles. The molecule has 3 atom stereocenters. The molecule has 0 spiro atoms. The Morgan fingerprint density at radius 2 is 2.14 bits per heavy atom. The smallest absolute Gasteiger partial charge is 0.263 e. The van der Waals surface area contributed by atoms with Crippen molar-refractivity contribution >= 4 is 33.0 Å². The van der Waals surface area contributed by atoms with Crippen molar-refractivity contribution in [2.75, 3.05) is 12.3 Å². The van der Waals surface area contributed by atoms with Gasteiger partial charge in [-0.1, -0.05) is 24.6 Å². The van der Waals surface area contributed by atoms with Crippen molar-refractivity contribution in [3.63, 3.8) is 0 Å². The SMILES string of the molecule is Nc1c(C(=O)NCC2CC3CCC2C3)sc2ccccc12. The van der Waals surface area contributed by atoms with Gasteiger partial charge in [0, 0.05) is 16.6 Å². The number of hydrogen-bond acceptors (Lipinski definition) is 3. The highest BCUT2D eigenvalue weighted by Gasteiger charge is 2.39. The molecule has 2 saturated carbocycles. The van der Waals surface area contributed by atoms with E-state index in [0.29, 0.717) is 16.5 Å². The lowest BCUT2D eigenvalue weighted by molar-refractivity contribution is 0.0946. The third-order valence-corrected chi connectivity index (χ3v) is 6.43. The van der Waals surface area contributed by atoms with Crippen LogP contribution >= 0.6 is 11.3 Å². The zero-order chi connectivity index (χ0) is 14.4. The van der Waals surface area contributed by atoms with E-state index in [-0.39, 0.29) is 5.91 Å². The fourth-order valence-electron chi connectivity index (χ4n) is 4.16. The number of thiophene rings is 1. The van der Waals surface area contributed by atoms with E-state index in [0.717, 1.165) is 28.5 Å². The summed E-state index contributed by atoms with van der Waals surface area (Å²) in [5.41, 5.74) is 6.76. The van der Waals surface area contributed by atoms with Crippen molar-refractivity contribution in [1.82, 2.24) is 5.32 Å². The summed E-state index contributed by atoms with van der Waals surface area (Å²) >= 11 is 1.49. The lowest BCUT2D eigenvalue weighted by Gasteiger charge is -2.21. The molecular formula is C17H20N2OS. The second kappa shape index (κ2) is 5.02. The number of nitrogens with one attached hydrogen (secondary N) is 1. The fourth-order valence-corrected chi connectivity index (χ4v) is 5.20. The molecule has 21 heavy (non-hydrogen) atoms. The van der Waals surface area contributed by atoms with Crippen LogP contribution in [0.15, 0.2) is 24.3 Å². The maximum Gasteiger partial charge on any atom is 0.263 e. The van der Waals surface area contributed by atoms with Crippen LogP contribution in [0, 0.1) is 17.8 Å². The summed E-state index contributed by atoms with van der Waals surface area (Å²) in [6, 6.07) is 7.94. The third kappa shape index (κ3) is 2.22. The Morgan fingerprint density at radius 1 is 1.29 bits per heavy atom. The van der Waals surface area contributed by atoms with Crippen LogP contribution in [0.5, 0.6) is 0 Å². The van der Waals surface area contributed by atoms with E-state index in [1.54, 1.807) is 0 Å². The van der Waals surface area contributed by atoms with Gasteiger partial charge in [0.1, 0.15) is 4.88 Å². The summed E-state index contributed by atoms with van der Waals surface area (Å²) in [5.74, 6) is 2.45. The number of nitrogens with two attached hydrogens (primary N) is 1. The first kappa shape index (κ1) is 13.1. The third-order valence-electron chi connectivity index (χ3n) is 5.25. The Hall–Kier alpha value is -1.55. The van der Waals surface area contributed by atoms with E-state index in [4.69, 9.17) is 5.73 Å². The summed E-state index contributed by atoms with van der Waals surface area (Å²) in [6.07, 6.45) is 5.44. The summed E-state index contributed by atoms with van der Waals surface area (Å²) in [6.45, 7) is 0.813. The fraction of sp³-hybridized carbons (Fsp3) is 0.471. The van der Waals surface area contributed by atoms with Gasteiger partial charge in [0.25, 0.3) is 5.91 Å². The van der Waals surface area contributed by atoms with Crippen molar-refractivity contribution in [3.8, 4) is 0 Å². The second-order valence-corrected chi connectivity index (χ2v) is 7.54. The van der Waals surface area contributed by atoms with Gasteiger partial charge in [-0.15, -0.1) is 11.3 Å². The maximum atomic E-state index is 12.4. The minimum absolute atomic E-state index is 0.00327. The number of hydrogen-bond donors (Lipinski definition) is 2. The van der Waals surface area contributed by atoms with Gasteiger partial charge in [0.05, 0.1) is 5.69 Å². The first-order valence-electron chi connectivity index (χ1n) is 7.77. The molecule has 3 N–H and O–H groups in total. The number of nitrogen functional groups attached to an aromatic ring is 1. The Labute approximate surface area is 128 Å². The Morgan fingerprint density at radius 3 is 2.86 bits per heavy atom. The van der Waals surface area contributed by atoms with Crippen molar-refractivity contribution in [2.45, 2.75) is 25.7 Å². The van der Waals surface area contributed by atoms with Crippen molar-refractivity contribution < 1.29 is 4.79 Å². The van der Waals surface area contributed by atoms with Crippen LogP contribution in [0.1, 0.15) is 35.4 Å². The lowest BCUT2D eigenvalue weighted by atomic mass is 9.89. The zero-order valence-electron chi connectivity index (χ0n) is 12.0. The summed E-state index contributed by atoms with van der Waals surface area (Å²) in [4.78, 5) is 13.1. The molecule has 2 bridgehead atoms. The van der Waals surface area contributed by atoms with Crippen LogP contribution in [0.4, 0.5) is 5.69 Å². The van der Waals surface area contributed by atoms with Crippen LogP contribution in [0.25, 0.3) is 10.1 Å². The van der Waals surface area contributed by atoms with Crippen LogP contribution in [-0.2, 0) is 0 Å². The van der Waals surface area contributed by atoms with Gasteiger partial charge in [-0.25, -0.2) is 0 Å². The van der Waals surface area contributed by atoms with Crippen LogP contribution in [-0.4, -0.2) is 12.5 Å². The molecule has 0 radical (unpaired) electrons. The first-order chi connectivity index (χ1) is 10.2. The van der Waals surface area contributed by atoms with Gasteiger partial charge in [0.15, 0.2) is 0 Å². The van der Waals surface area contributed by atoms with Gasteiger partial charge < -0.3 is 11.1 Å². The normalized spacial score (nSPS) is 27.3. The summed E-state index contributed by atoms with van der Waals surface area (Å²) in [7, 11) is 0. The topological polar surface area (TPSA) is 55.1 Å². The quantitative estimate of drug-likeness (QED) is 0.909. The van der Waals surface area contributed by atoms with Crippen LogP contribution < -0.4 is 11.1 Å². The summed E-state index contributed by atoms with van der Waals surface area (Å²) in [5, 5.41) is 4.11. The standard InChI is InChI=1S/C17H20N2OS/c18-15-13-3-1-2-4-14(13)21-16(15)17(20)19-9-12-8-10-5-6-11(12)7-10/h1-4,10-12H,5-9,18H2,(H,19,20). The first-order valence-corrected chi connectivity index (χ1v) is 8.59. The zero-order valence-corrected chi connectivity index (χ0v) is 12.8. The molecule has 4 heteroatoms. The summed E-state index contributed by atoms with van der Waals surface area (Å²) < 4.78 is 1.08. The number of benzene rings is 1. The lowest BCUT2D eigenvalue weighted by Crippen LogP contribution is -2.31. The number of amides is 1. The molecule has 3 nitrogen and oxygen atoms in total. The molecule has 1 heterocycles. The van der Waals surface area contributed by atoms with Gasteiger partial charge in [-0.05, 0) is 43.1 Å². The van der Waals surface area contributed by atoms with Gasteiger partial charge in [-0.3, -0.25) is 4.79 Å². The van der Waals surface area contributed by atoms with Crippen molar-refractivity contribution in [3.05, 3.63) is 29.1 Å². The number of carbonyl (C=O) groups excluding carboxylic acids is 1. The van der Waals surface area contributed by atoms with Crippen molar-refractivity contribution in [2.24, 2.45) is 17.8 Å². The van der Waals surface area contributed by atoms with E-state index in [9.17, 15) is 4.79 Å². The Balaban J connectivity index is 1.47. The van der Waals surface area contributed by atoms with E-state index in [1.165, 1.54) is 37.0 Å². The molecule has 2 aliphatic carbocycles. The highest BCUT2D eigenvalue weighted by molar-refractivity contribution is 7.21. The molecule has 2 aromatic rings. The van der Waals surface area contributed by atoms with Crippen LogP contribution in [0.2, 0.25) is 0 Å². The molecule has 1 aromatic carbocycles. The average Bonchev–Trinajstić information content (AvgIpc) is 3.20. The number of fused-ring (bicyclic) bond motifs is 3. The molecule has 4 rings (SSSR count). The molecule has 1 aromatic heterocycles. The minimum atomic E-state index is -0.00327. The van der Waals surface area contributed by atoms with Gasteiger partial charge in [-0.2, -0.15) is 0 Å². The highest BCUT2D eigenvalue weighted by Crippen LogP contribution is 2.48. The largest absolute Gasteiger partial charge is 0.397 e. The number of rotatable bonds is 3. The molecule has 0 aliphatic heterocycles. The monoisotopic (exact) mass is 300 g/mol. The molecule has 2 fully saturated rings. The molecule has 1 amide bonds. The van der Waals surface area contributed by atoms with E-state index in [1.807, 2.05) is 24.3 Å². The van der Waals surface area contributed by atoms with Gasteiger partial charge in [0.2, 0.25) is 0 Å². The highest BCUT2D eigenvalue weighted by atomic mass is 32.1.